The highest BCUT2D eigenvalue weighted by Crippen LogP contribution is 2.31. The molecule has 0 heterocycles. The van der Waals surface area contributed by atoms with Gasteiger partial charge in [0.1, 0.15) is 84.3 Å². The molecule has 6 aromatic carbocycles. The van der Waals surface area contributed by atoms with Crippen LogP contribution >= 0.6 is 0 Å². The van der Waals surface area contributed by atoms with Gasteiger partial charge in [-0.3, -0.25) is 0 Å². The molecule has 0 radical (unpaired) electrons. The van der Waals surface area contributed by atoms with Gasteiger partial charge in [-0.2, -0.15) is 0 Å². The molecule has 12 nitrogen and oxygen atoms in total. The summed E-state index contributed by atoms with van der Waals surface area (Å²) >= 11 is 0. The van der Waals surface area contributed by atoms with E-state index in [1.54, 1.807) is 42.5 Å². The summed E-state index contributed by atoms with van der Waals surface area (Å²) in [4.78, 5) is 25.2. The van der Waals surface area contributed by atoms with Crippen LogP contribution in [0.2, 0.25) is 0 Å². The van der Waals surface area contributed by atoms with Crippen molar-refractivity contribution in [2.75, 3.05) is 26.4 Å². The molecule has 6 rings (SSSR count). The predicted octanol–water partition coefficient (Wildman–Crippen LogP) is 5.16. The zero-order valence-electron chi connectivity index (χ0n) is 26.4. The van der Waals surface area contributed by atoms with Gasteiger partial charge in [0.15, 0.2) is 0 Å². The fraction of sp³-hybridized carbons (Fsp3) is 0.158. The first-order valence-corrected chi connectivity index (χ1v) is 15.4. The van der Waals surface area contributed by atoms with E-state index in [0.717, 1.165) is 5.39 Å². The fourth-order valence-electron chi connectivity index (χ4n) is 5.29. The van der Waals surface area contributed by atoms with Crippen LogP contribution in [0.15, 0.2) is 97.1 Å². The SMILES string of the molecule is O=C(OCC(O)COc1ccc2c(OCC(O)COC(=O)c3cc4cc(O)ccc4cc3O)cccc2c1)c1cc2cc(O)ccc2cc1O. The number of rotatable bonds is 12. The standard InChI is InChI=1S/C38H32O12/c39-26-6-4-21-15-34(43)32(13-24(21)10-26)37(45)49-19-28(41)17-47-30-8-9-31-23(12-30)2-1-3-36(31)48-18-29(42)20-50-38(46)33-14-25-11-27(40)7-5-22(25)16-35(33)44/h1-16,28-29,39-44H,17-20H2. The average Bonchev–Trinajstić information content (AvgIpc) is 3.10. The van der Waals surface area contributed by atoms with Crippen molar-refractivity contribution in [3.05, 3.63) is 108 Å². The number of esters is 2. The highest BCUT2D eigenvalue weighted by Gasteiger charge is 2.19. The Morgan fingerprint density at radius 3 is 1.62 bits per heavy atom. The van der Waals surface area contributed by atoms with E-state index < -0.39 is 37.4 Å². The summed E-state index contributed by atoms with van der Waals surface area (Å²) in [7, 11) is 0. The van der Waals surface area contributed by atoms with Crippen molar-refractivity contribution in [2.24, 2.45) is 0 Å². The number of fused-ring (bicyclic) bond motifs is 3. The number of benzene rings is 6. The van der Waals surface area contributed by atoms with E-state index >= 15 is 0 Å². The number of carbonyl (C=O) groups excluding carboxylic acids is 2. The number of aromatic hydroxyl groups is 4. The Morgan fingerprint density at radius 2 is 1.06 bits per heavy atom. The average molecular weight is 681 g/mol. The Hall–Kier alpha value is -6.24. The van der Waals surface area contributed by atoms with Crippen LogP contribution in [0.5, 0.6) is 34.5 Å². The Balaban J connectivity index is 0.989. The maximum Gasteiger partial charge on any atom is 0.342 e. The molecule has 0 saturated heterocycles. The molecular weight excluding hydrogens is 648 g/mol. The van der Waals surface area contributed by atoms with Gasteiger partial charge in [-0.1, -0.05) is 24.3 Å². The molecule has 0 aromatic heterocycles. The second-order valence-corrected chi connectivity index (χ2v) is 11.6. The van der Waals surface area contributed by atoms with Gasteiger partial charge >= 0.3 is 11.9 Å². The Bertz CT molecular complexity index is 2210. The van der Waals surface area contributed by atoms with E-state index in [2.05, 4.69) is 0 Å². The van der Waals surface area contributed by atoms with Gasteiger partial charge < -0.3 is 49.6 Å². The molecule has 0 spiro atoms. The molecule has 50 heavy (non-hydrogen) atoms. The van der Waals surface area contributed by atoms with E-state index in [4.69, 9.17) is 18.9 Å². The van der Waals surface area contributed by atoms with Crippen LogP contribution in [-0.4, -0.2) is 81.2 Å². The van der Waals surface area contributed by atoms with E-state index in [9.17, 15) is 40.2 Å². The number of carbonyl (C=O) groups is 2. The minimum Gasteiger partial charge on any atom is -0.508 e. The summed E-state index contributed by atoms with van der Waals surface area (Å²) in [6, 6.07) is 25.0. The Labute approximate surface area is 284 Å². The molecule has 0 amide bonds. The van der Waals surface area contributed by atoms with Gasteiger partial charge in [-0.15, -0.1) is 0 Å². The molecular formula is C38H32O12. The zero-order chi connectivity index (χ0) is 35.4. The van der Waals surface area contributed by atoms with Gasteiger partial charge in [-0.25, -0.2) is 9.59 Å². The lowest BCUT2D eigenvalue weighted by atomic mass is 10.1. The highest BCUT2D eigenvalue weighted by atomic mass is 16.6. The fourth-order valence-corrected chi connectivity index (χ4v) is 5.29. The van der Waals surface area contributed by atoms with Crippen LogP contribution in [0.3, 0.4) is 0 Å². The van der Waals surface area contributed by atoms with E-state index in [0.29, 0.717) is 38.4 Å². The first-order valence-electron chi connectivity index (χ1n) is 15.4. The smallest absolute Gasteiger partial charge is 0.342 e. The number of hydrogen-bond acceptors (Lipinski definition) is 12. The third-order valence-corrected chi connectivity index (χ3v) is 7.82. The lowest BCUT2D eigenvalue weighted by molar-refractivity contribution is 0.0127. The molecule has 256 valence electrons. The molecule has 2 atom stereocenters. The Kier molecular flexibility index (Phi) is 9.75. The van der Waals surface area contributed by atoms with Crippen molar-refractivity contribution in [2.45, 2.75) is 12.2 Å². The van der Waals surface area contributed by atoms with E-state index in [1.165, 1.54) is 48.5 Å². The summed E-state index contributed by atoms with van der Waals surface area (Å²) in [6.45, 7) is -1.19. The van der Waals surface area contributed by atoms with E-state index in [1.807, 2.05) is 6.07 Å². The van der Waals surface area contributed by atoms with E-state index in [-0.39, 0.29) is 47.3 Å². The molecule has 2 unspecified atom stereocenters. The molecule has 0 aliphatic heterocycles. The van der Waals surface area contributed by atoms with Crippen molar-refractivity contribution in [1.82, 2.24) is 0 Å². The van der Waals surface area contributed by atoms with Gasteiger partial charge in [0.2, 0.25) is 0 Å². The third kappa shape index (κ3) is 7.73. The topological polar surface area (TPSA) is 192 Å². The summed E-state index contributed by atoms with van der Waals surface area (Å²) in [5, 5.41) is 64.5. The number of aliphatic hydroxyl groups is 2. The van der Waals surface area contributed by atoms with Gasteiger partial charge in [0.25, 0.3) is 0 Å². The van der Waals surface area contributed by atoms with Crippen molar-refractivity contribution >= 4 is 44.3 Å². The summed E-state index contributed by atoms with van der Waals surface area (Å²) in [5.74, 6) is -1.40. The molecule has 0 saturated carbocycles. The van der Waals surface area contributed by atoms with Crippen LogP contribution in [0.1, 0.15) is 20.7 Å². The minimum atomic E-state index is -1.18. The van der Waals surface area contributed by atoms with Crippen molar-refractivity contribution < 1.29 is 59.2 Å². The predicted molar refractivity (Wildman–Crippen MR) is 182 cm³/mol. The molecule has 12 heteroatoms. The van der Waals surface area contributed by atoms with Crippen LogP contribution in [-0.2, 0) is 9.47 Å². The quantitative estimate of drug-likeness (QED) is 0.0932. The number of hydrogen-bond donors (Lipinski definition) is 6. The van der Waals surface area contributed by atoms with Gasteiger partial charge in [0.05, 0.1) is 0 Å². The highest BCUT2D eigenvalue weighted by molar-refractivity contribution is 6.00. The number of ether oxygens (including phenoxy) is 4. The molecule has 0 aliphatic carbocycles. The third-order valence-electron chi connectivity index (χ3n) is 7.82. The minimum absolute atomic E-state index is 0.00634. The lowest BCUT2D eigenvalue weighted by Crippen LogP contribution is -2.25. The van der Waals surface area contributed by atoms with Crippen LogP contribution in [0.4, 0.5) is 0 Å². The maximum atomic E-state index is 12.6. The maximum absolute atomic E-state index is 12.6. The lowest BCUT2D eigenvalue weighted by Gasteiger charge is -2.16. The normalized spacial score (nSPS) is 12.4. The van der Waals surface area contributed by atoms with Gasteiger partial charge in [-0.05, 0) is 99.7 Å². The first kappa shape index (κ1) is 33.7. The largest absolute Gasteiger partial charge is 0.508 e. The van der Waals surface area contributed by atoms with Crippen molar-refractivity contribution in [3.8, 4) is 34.5 Å². The second-order valence-electron chi connectivity index (χ2n) is 11.6. The molecule has 6 aromatic rings. The monoisotopic (exact) mass is 680 g/mol. The van der Waals surface area contributed by atoms with Crippen LogP contribution in [0.25, 0.3) is 32.3 Å². The molecule has 0 fully saturated rings. The molecule has 0 bridgehead atoms. The molecule has 0 aliphatic rings. The summed E-state index contributed by atoms with van der Waals surface area (Å²) in [5.41, 5.74) is -0.221. The van der Waals surface area contributed by atoms with Gasteiger partial charge in [0, 0.05) is 5.39 Å². The number of phenolic OH excluding ortho intramolecular Hbond substituents is 4. The Morgan fingerprint density at radius 1 is 0.520 bits per heavy atom. The van der Waals surface area contributed by atoms with Crippen molar-refractivity contribution in [1.29, 1.82) is 0 Å². The number of aliphatic hydroxyl groups excluding tert-OH is 2. The second kappa shape index (κ2) is 14.5. The number of phenols is 4. The first-order chi connectivity index (χ1) is 24.0. The van der Waals surface area contributed by atoms with Crippen molar-refractivity contribution in [3.63, 3.8) is 0 Å². The summed E-state index contributed by atoms with van der Waals surface area (Å²) in [6.07, 6.45) is -2.36. The molecule has 6 N–H and O–H groups in total. The van der Waals surface area contributed by atoms with Crippen LogP contribution < -0.4 is 9.47 Å². The zero-order valence-corrected chi connectivity index (χ0v) is 26.4. The summed E-state index contributed by atoms with van der Waals surface area (Å²) < 4.78 is 21.9. The van der Waals surface area contributed by atoms with Crippen LogP contribution in [0, 0.1) is 0 Å².